The number of nitrogens with zero attached hydrogens (tertiary/aromatic N) is 3. The summed E-state index contributed by atoms with van der Waals surface area (Å²) in [5.74, 6) is 0.571. The van der Waals surface area contributed by atoms with Gasteiger partial charge in [-0.25, -0.2) is 0 Å². The third-order valence-electron chi connectivity index (χ3n) is 5.38. The summed E-state index contributed by atoms with van der Waals surface area (Å²) in [4.78, 5) is 12.1. The van der Waals surface area contributed by atoms with Gasteiger partial charge < -0.3 is 21.9 Å². The highest BCUT2D eigenvalue weighted by atomic mass is 35.5. The Hall–Kier alpha value is -1.18. The van der Waals surface area contributed by atoms with E-state index in [0.29, 0.717) is 30.1 Å². The van der Waals surface area contributed by atoms with Crippen LogP contribution in [0.25, 0.3) is 5.57 Å². The Bertz CT molecular complexity index is 653. The highest BCUT2D eigenvalue weighted by Gasteiger charge is 2.31. The van der Waals surface area contributed by atoms with E-state index in [4.69, 9.17) is 9.47 Å². The molecule has 6 nitrogen and oxygen atoms in total. The van der Waals surface area contributed by atoms with Crippen molar-refractivity contribution in [1.29, 1.82) is 0 Å². The van der Waals surface area contributed by atoms with Crippen molar-refractivity contribution in [2.45, 2.75) is 78.1 Å². The van der Waals surface area contributed by atoms with Crippen LogP contribution >= 0.6 is 11.7 Å². The fourth-order valence-corrected chi connectivity index (χ4v) is 4.08. The van der Waals surface area contributed by atoms with E-state index in [2.05, 4.69) is 35.7 Å². The summed E-state index contributed by atoms with van der Waals surface area (Å²) in [6, 6.07) is 0. The first-order valence-electron chi connectivity index (χ1n) is 11.2. The van der Waals surface area contributed by atoms with Gasteiger partial charge in [0.2, 0.25) is 6.73 Å². The number of quaternary nitrogens is 1. The maximum absolute atomic E-state index is 12.1. The molecule has 0 saturated heterocycles. The maximum atomic E-state index is 12.1. The Kier molecular flexibility index (Phi) is 13.2. The molecule has 1 aromatic rings. The summed E-state index contributed by atoms with van der Waals surface area (Å²) in [6.45, 7) is 7.21. The van der Waals surface area contributed by atoms with Crippen molar-refractivity contribution in [3.05, 3.63) is 11.8 Å². The average Bonchev–Trinajstić information content (AvgIpc) is 3.18. The van der Waals surface area contributed by atoms with E-state index < -0.39 is 0 Å². The lowest BCUT2D eigenvalue weighted by atomic mass is 10.1. The Morgan fingerprint density at radius 2 is 1.83 bits per heavy atom. The van der Waals surface area contributed by atoms with E-state index in [-0.39, 0.29) is 18.4 Å². The van der Waals surface area contributed by atoms with Crippen LogP contribution in [0.5, 0.6) is 5.88 Å². The van der Waals surface area contributed by atoms with Crippen molar-refractivity contribution in [2.75, 3.05) is 33.5 Å². The lowest BCUT2D eigenvalue weighted by Gasteiger charge is -2.36. The van der Waals surface area contributed by atoms with Crippen molar-refractivity contribution in [1.82, 2.24) is 8.75 Å². The Morgan fingerprint density at radius 3 is 2.57 bits per heavy atom. The van der Waals surface area contributed by atoms with Gasteiger partial charge in [0.25, 0.3) is 5.88 Å². The van der Waals surface area contributed by atoms with Gasteiger partial charge in [-0.05, 0) is 12.8 Å². The monoisotopic (exact) mass is 459 g/mol. The number of likely N-dealkylation sites (N-methyl/N-ethyl adjacent to an activating group) is 1. The molecule has 8 heteroatoms. The number of carbonyl (C=O) groups is 1. The lowest BCUT2D eigenvalue weighted by molar-refractivity contribution is -0.919. The van der Waals surface area contributed by atoms with Gasteiger partial charge >= 0.3 is 5.97 Å². The predicted molar refractivity (Wildman–Crippen MR) is 118 cm³/mol. The minimum atomic E-state index is -0.0806. The number of esters is 1. The Balaban J connectivity index is 0.00000450. The predicted octanol–water partition coefficient (Wildman–Crippen LogP) is 2.21. The fraction of sp³-hybridized carbons (Fsp3) is 0.773. The first kappa shape index (κ1) is 26.9. The Labute approximate surface area is 192 Å². The van der Waals surface area contributed by atoms with Crippen molar-refractivity contribution < 1.29 is 31.2 Å². The van der Waals surface area contributed by atoms with Crippen LogP contribution in [0.4, 0.5) is 0 Å². The van der Waals surface area contributed by atoms with Crippen molar-refractivity contribution in [3.63, 3.8) is 0 Å². The molecule has 0 fully saturated rings. The molecular weight excluding hydrogens is 422 g/mol. The molecule has 1 atom stereocenters. The molecule has 0 spiro atoms. The van der Waals surface area contributed by atoms with Crippen LogP contribution < -0.4 is 17.1 Å². The third-order valence-corrected chi connectivity index (χ3v) is 5.89. The molecule has 1 unspecified atom stereocenters. The van der Waals surface area contributed by atoms with Gasteiger partial charge in [0.05, 0.1) is 31.9 Å². The number of ether oxygens (including phenoxy) is 2. The van der Waals surface area contributed by atoms with Crippen LogP contribution in [0.15, 0.2) is 6.08 Å². The van der Waals surface area contributed by atoms with Crippen LogP contribution in [0.1, 0.15) is 83.7 Å². The van der Waals surface area contributed by atoms with Crippen LogP contribution in [-0.2, 0) is 9.53 Å². The van der Waals surface area contributed by atoms with E-state index >= 15 is 0 Å². The van der Waals surface area contributed by atoms with Crippen molar-refractivity contribution in [2.24, 2.45) is 0 Å². The first-order valence-corrected chi connectivity index (χ1v) is 11.9. The SMILES string of the molecule is CCCCCCOc1nsnc1C1=CCC[N+](C)(COC(=O)CCCCCC)C1.[Cl-]. The van der Waals surface area contributed by atoms with Gasteiger partial charge in [0, 0.05) is 18.4 Å². The molecule has 2 rings (SSSR count). The van der Waals surface area contributed by atoms with Gasteiger partial charge in [-0.15, -0.1) is 4.37 Å². The summed E-state index contributed by atoms with van der Waals surface area (Å²) in [6.07, 6.45) is 12.8. The average molecular weight is 460 g/mol. The van der Waals surface area contributed by atoms with E-state index in [9.17, 15) is 4.79 Å². The second-order valence-electron chi connectivity index (χ2n) is 8.30. The highest BCUT2D eigenvalue weighted by Crippen LogP contribution is 2.30. The molecule has 172 valence electrons. The van der Waals surface area contributed by atoms with Gasteiger partial charge in [0.1, 0.15) is 12.2 Å². The number of halogens is 1. The number of carbonyl (C=O) groups excluding carboxylic acids is 1. The topological polar surface area (TPSA) is 61.3 Å². The third kappa shape index (κ3) is 9.31. The van der Waals surface area contributed by atoms with Gasteiger partial charge in [-0.1, -0.05) is 58.4 Å². The van der Waals surface area contributed by atoms with Gasteiger partial charge in [-0.3, -0.25) is 9.28 Å². The molecule has 0 N–H and O–H groups in total. The number of rotatable bonds is 14. The molecule has 0 saturated carbocycles. The largest absolute Gasteiger partial charge is 1.00 e. The first-order chi connectivity index (χ1) is 14.1. The van der Waals surface area contributed by atoms with E-state index in [1.54, 1.807) is 0 Å². The molecule has 2 heterocycles. The zero-order valence-corrected chi connectivity index (χ0v) is 20.4. The number of hydrogen-bond donors (Lipinski definition) is 0. The quantitative estimate of drug-likeness (QED) is 0.242. The van der Waals surface area contributed by atoms with Gasteiger partial charge in [-0.2, -0.15) is 4.37 Å². The molecule has 0 aliphatic carbocycles. The van der Waals surface area contributed by atoms with Crippen molar-refractivity contribution in [3.8, 4) is 5.88 Å². The summed E-state index contributed by atoms with van der Waals surface area (Å²) in [7, 11) is 2.14. The van der Waals surface area contributed by atoms with Crippen LogP contribution in [0.3, 0.4) is 0 Å². The van der Waals surface area contributed by atoms with E-state index in [0.717, 1.165) is 50.0 Å². The van der Waals surface area contributed by atoms with Gasteiger partial charge in [0.15, 0.2) is 0 Å². The summed E-state index contributed by atoms with van der Waals surface area (Å²) < 4.78 is 21.0. The molecule has 0 amide bonds. The van der Waals surface area contributed by atoms with Crippen LogP contribution in [-0.4, -0.2) is 52.7 Å². The maximum Gasteiger partial charge on any atom is 0.310 e. The molecule has 1 aliphatic heterocycles. The highest BCUT2D eigenvalue weighted by molar-refractivity contribution is 6.99. The molecule has 1 aromatic heterocycles. The van der Waals surface area contributed by atoms with E-state index in [1.165, 1.54) is 43.8 Å². The summed E-state index contributed by atoms with van der Waals surface area (Å²) in [5, 5.41) is 0. The number of aromatic nitrogens is 2. The van der Waals surface area contributed by atoms with Crippen LogP contribution in [0, 0.1) is 0 Å². The molecular formula is C22H38ClN3O3S. The molecule has 0 bridgehead atoms. The molecule has 0 aromatic carbocycles. The number of unbranched alkanes of at least 4 members (excludes halogenated alkanes) is 6. The zero-order valence-electron chi connectivity index (χ0n) is 18.8. The Morgan fingerprint density at radius 1 is 1.10 bits per heavy atom. The zero-order chi connectivity index (χ0) is 21.0. The molecule has 0 radical (unpaired) electrons. The van der Waals surface area contributed by atoms with Crippen molar-refractivity contribution >= 4 is 23.3 Å². The normalized spacial score (nSPS) is 18.4. The fourth-order valence-electron chi connectivity index (χ4n) is 3.55. The van der Waals surface area contributed by atoms with Crippen LogP contribution in [0.2, 0.25) is 0 Å². The smallest absolute Gasteiger partial charge is 0.310 e. The number of hydrogen-bond acceptors (Lipinski definition) is 6. The minimum Gasteiger partial charge on any atom is -1.00 e. The molecule has 1 aliphatic rings. The summed E-state index contributed by atoms with van der Waals surface area (Å²) in [5.41, 5.74) is 2.01. The minimum absolute atomic E-state index is 0. The summed E-state index contributed by atoms with van der Waals surface area (Å²) >= 11 is 1.20. The molecule has 30 heavy (non-hydrogen) atoms. The lowest BCUT2D eigenvalue weighted by Crippen LogP contribution is -3.00. The second kappa shape index (κ2) is 14.8. The second-order valence-corrected chi connectivity index (χ2v) is 8.83. The standard InChI is InChI=1S/C22H38N3O3S.ClH/c1-4-6-8-10-14-20(26)28-18-25(3)15-12-13-19(17-25)21-22(24-29-23-21)27-16-11-9-7-5-2;/h13H,4-12,14-18H2,1-3H3;1H/q+1;/p-1. The van der Waals surface area contributed by atoms with E-state index in [1.807, 2.05) is 0 Å².